The first-order valence-electron chi connectivity index (χ1n) is 11.9. The van der Waals surface area contributed by atoms with E-state index in [4.69, 9.17) is 28.8 Å². The summed E-state index contributed by atoms with van der Waals surface area (Å²) in [5.41, 5.74) is 7.12. The molecular weight excluding hydrogens is 448 g/mol. The van der Waals surface area contributed by atoms with E-state index in [1.165, 1.54) is 54.6 Å². The molecule has 2 aromatic heterocycles. The van der Waals surface area contributed by atoms with Crippen LogP contribution in [0.25, 0.3) is 5.69 Å². The number of benzene rings is 1. The third-order valence-corrected chi connectivity index (χ3v) is 7.87. The normalized spacial score (nSPS) is 21.5. The average Bonchev–Trinajstić information content (AvgIpc) is 3.32. The van der Waals surface area contributed by atoms with Crippen LogP contribution in [-0.4, -0.2) is 25.6 Å². The first kappa shape index (κ1) is 22.4. The largest absolute Gasteiger partial charge is 0.352 e. The first-order chi connectivity index (χ1) is 16.0. The Morgan fingerprint density at radius 3 is 2.55 bits per heavy atom. The maximum Gasteiger partial charge on any atom is 0.170 e. The van der Waals surface area contributed by atoms with Gasteiger partial charge in [0.25, 0.3) is 0 Å². The maximum atomic E-state index is 6.40. The molecule has 0 bridgehead atoms. The van der Waals surface area contributed by atoms with E-state index in [1.54, 1.807) is 0 Å². The lowest BCUT2D eigenvalue weighted by Crippen LogP contribution is -2.40. The summed E-state index contributed by atoms with van der Waals surface area (Å²) in [4.78, 5) is 7.21. The van der Waals surface area contributed by atoms with Crippen molar-refractivity contribution in [1.29, 1.82) is 0 Å². The SMILES string of the molecule is Cc1ccc(Cl)cc1-n1c(C)cc([C@@H]2[C@@H](c3ccccn3)NC(=S)N2C2CCCCC2)c1C. The van der Waals surface area contributed by atoms with E-state index in [0.29, 0.717) is 6.04 Å². The van der Waals surface area contributed by atoms with Gasteiger partial charge in [0.15, 0.2) is 5.11 Å². The molecule has 172 valence electrons. The van der Waals surface area contributed by atoms with Gasteiger partial charge in [-0.1, -0.05) is 43.0 Å². The van der Waals surface area contributed by atoms with E-state index in [0.717, 1.165) is 21.5 Å². The lowest BCUT2D eigenvalue weighted by Gasteiger charge is -2.37. The summed E-state index contributed by atoms with van der Waals surface area (Å²) in [7, 11) is 0. The number of rotatable bonds is 4. The molecule has 0 amide bonds. The summed E-state index contributed by atoms with van der Waals surface area (Å²) in [6.45, 7) is 6.54. The van der Waals surface area contributed by atoms with Crippen LogP contribution in [0, 0.1) is 20.8 Å². The second kappa shape index (κ2) is 9.11. The molecule has 3 aromatic rings. The van der Waals surface area contributed by atoms with E-state index >= 15 is 0 Å². The van der Waals surface area contributed by atoms with Gasteiger partial charge in [-0.2, -0.15) is 0 Å². The standard InChI is InChI=1S/C27H31ClN4S/c1-17-12-13-20(28)16-24(17)31-18(2)15-22(19(31)3)26-25(23-11-7-8-14-29-23)30-27(33)32(26)21-9-5-4-6-10-21/h7-8,11-16,21,25-26H,4-6,9-10H2,1-3H3,(H,30,33)/t25-,26-/m1/s1. The Kier molecular flexibility index (Phi) is 6.19. The fraction of sp³-hybridized carbons (Fsp3) is 0.407. The summed E-state index contributed by atoms with van der Waals surface area (Å²) >= 11 is 12.3. The Bertz CT molecular complexity index is 1170. The van der Waals surface area contributed by atoms with Gasteiger partial charge in [0, 0.05) is 34.3 Å². The lowest BCUT2D eigenvalue weighted by atomic mass is 9.90. The van der Waals surface area contributed by atoms with E-state index in [2.05, 4.69) is 65.9 Å². The molecule has 6 heteroatoms. The molecule has 1 N–H and O–H groups in total. The fourth-order valence-electron chi connectivity index (χ4n) is 5.73. The van der Waals surface area contributed by atoms with Crippen LogP contribution >= 0.6 is 23.8 Å². The zero-order valence-corrected chi connectivity index (χ0v) is 21.1. The van der Waals surface area contributed by atoms with Gasteiger partial charge < -0.3 is 14.8 Å². The van der Waals surface area contributed by atoms with Crippen LogP contribution in [0.15, 0.2) is 48.7 Å². The summed E-state index contributed by atoms with van der Waals surface area (Å²) < 4.78 is 2.34. The third-order valence-electron chi connectivity index (χ3n) is 7.30. The highest BCUT2D eigenvalue weighted by atomic mass is 35.5. The molecule has 5 rings (SSSR count). The van der Waals surface area contributed by atoms with Gasteiger partial charge in [-0.25, -0.2) is 0 Å². The van der Waals surface area contributed by atoms with Crippen LogP contribution in [0.4, 0.5) is 0 Å². The number of hydrogen-bond acceptors (Lipinski definition) is 2. The van der Waals surface area contributed by atoms with Crippen molar-refractivity contribution >= 4 is 28.9 Å². The lowest BCUT2D eigenvalue weighted by molar-refractivity contribution is 0.197. The van der Waals surface area contributed by atoms with E-state index < -0.39 is 0 Å². The average molecular weight is 479 g/mol. The Morgan fingerprint density at radius 2 is 1.82 bits per heavy atom. The Morgan fingerprint density at radius 1 is 1.03 bits per heavy atom. The Hall–Kier alpha value is -2.37. The zero-order chi connectivity index (χ0) is 23.1. The predicted octanol–water partition coefficient (Wildman–Crippen LogP) is 6.76. The van der Waals surface area contributed by atoms with Crippen molar-refractivity contribution in [3.05, 3.63) is 81.9 Å². The zero-order valence-electron chi connectivity index (χ0n) is 19.5. The van der Waals surface area contributed by atoms with E-state index in [9.17, 15) is 0 Å². The highest BCUT2D eigenvalue weighted by Crippen LogP contribution is 2.44. The van der Waals surface area contributed by atoms with Crippen LogP contribution in [-0.2, 0) is 0 Å². The summed E-state index contributed by atoms with van der Waals surface area (Å²) in [6.07, 6.45) is 8.12. The molecule has 33 heavy (non-hydrogen) atoms. The fourth-order valence-corrected chi connectivity index (χ4v) is 6.29. The van der Waals surface area contributed by atoms with Crippen molar-refractivity contribution < 1.29 is 0 Å². The Labute approximate surface area is 207 Å². The first-order valence-corrected chi connectivity index (χ1v) is 12.7. The molecule has 1 aliphatic heterocycles. The maximum absolute atomic E-state index is 6.40. The predicted molar refractivity (Wildman–Crippen MR) is 139 cm³/mol. The number of thiocarbonyl (C=S) groups is 1. The van der Waals surface area contributed by atoms with Gasteiger partial charge in [0.05, 0.1) is 17.8 Å². The second-order valence-electron chi connectivity index (χ2n) is 9.42. The van der Waals surface area contributed by atoms with Crippen molar-refractivity contribution in [1.82, 2.24) is 19.8 Å². The van der Waals surface area contributed by atoms with E-state index in [-0.39, 0.29) is 12.1 Å². The van der Waals surface area contributed by atoms with Crippen molar-refractivity contribution in [2.24, 2.45) is 0 Å². The van der Waals surface area contributed by atoms with E-state index in [1.807, 2.05) is 18.3 Å². The smallest absolute Gasteiger partial charge is 0.170 e. The molecule has 1 aliphatic carbocycles. The molecule has 2 fully saturated rings. The molecule has 1 saturated heterocycles. The van der Waals surface area contributed by atoms with Gasteiger partial charge in [-0.05, 0) is 87.3 Å². The molecular formula is C27H31ClN4S. The summed E-state index contributed by atoms with van der Waals surface area (Å²) in [5, 5.41) is 5.25. The molecule has 0 spiro atoms. The van der Waals surface area contributed by atoms with Crippen LogP contribution < -0.4 is 5.32 Å². The number of nitrogens with one attached hydrogen (secondary N) is 1. The number of halogens is 1. The Balaban J connectivity index is 1.65. The minimum absolute atomic E-state index is 0.0232. The number of hydrogen-bond donors (Lipinski definition) is 1. The molecule has 1 saturated carbocycles. The van der Waals surface area contributed by atoms with Gasteiger partial charge in [0.2, 0.25) is 0 Å². The van der Waals surface area contributed by atoms with Crippen LogP contribution in [0.1, 0.15) is 72.4 Å². The number of aryl methyl sites for hydroxylation is 2. The van der Waals surface area contributed by atoms with Gasteiger partial charge in [-0.3, -0.25) is 4.98 Å². The summed E-state index contributed by atoms with van der Waals surface area (Å²) in [6, 6.07) is 15.2. The number of nitrogens with zero attached hydrogens (tertiary/aromatic N) is 3. The minimum atomic E-state index is 0.0232. The van der Waals surface area contributed by atoms with Crippen molar-refractivity contribution in [2.45, 2.75) is 71.0 Å². The second-order valence-corrected chi connectivity index (χ2v) is 10.2. The van der Waals surface area contributed by atoms with Crippen LogP contribution in [0.2, 0.25) is 5.02 Å². The van der Waals surface area contributed by atoms with Crippen LogP contribution in [0.5, 0.6) is 0 Å². The summed E-state index contributed by atoms with van der Waals surface area (Å²) in [5.74, 6) is 0. The molecule has 2 aliphatic rings. The van der Waals surface area contributed by atoms with Gasteiger partial charge in [-0.15, -0.1) is 0 Å². The third kappa shape index (κ3) is 4.06. The number of aromatic nitrogens is 2. The molecule has 0 unspecified atom stereocenters. The molecule has 3 heterocycles. The molecule has 1 aromatic carbocycles. The van der Waals surface area contributed by atoms with Crippen molar-refractivity contribution in [3.8, 4) is 5.69 Å². The van der Waals surface area contributed by atoms with Gasteiger partial charge >= 0.3 is 0 Å². The highest BCUT2D eigenvalue weighted by molar-refractivity contribution is 7.80. The van der Waals surface area contributed by atoms with Crippen molar-refractivity contribution in [2.75, 3.05) is 0 Å². The van der Waals surface area contributed by atoms with Gasteiger partial charge in [0.1, 0.15) is 0 Å². The minimum Gasteiger partial charge on any atom is -0.352 e. The topological polar surface area (TPSA) is 33.1 Å². The molecule has 4 nitrogen and oxygen atoms in total. The highest BCUT2D eigenvalue weighted by Gasteiger charge is 2.44. The van der Waals surface area contributed by atoms with Crippen LogP contribution in [0.3, 0.4) is 0 Å². The quantitative estimate of drug-likeness (QED) is 0.420. The molecule has 0 radical (unpaired) electrons. The number of pyridine rings is 1. The molecule has 2 atom stereocenters. The monoisotopic (exact) mass is 478 g/mol. The van der Waals surface area contributed by atoms with Crippen molar-refractivity contribution in [3.63, 3.8) is 0 Å².